The highest BCUT2D eigenvalue weighted by Crippen LogP contribution is 2.60. The van der Waals surface area contributed by atoms with Gasteiger partial charge in [0, 0.05) is 19.5 Å². The summed E-state index contributed by atoms with van der Waals surface area (Å²) < 4.78 is 0. The average molecular weight is 364 g/mol. The van der Waals surface area contributed by atoms with E-state index in [-0.39, 0.29) is 35.6 Å². The van der Waals surface area contributed by atoms with Crippen molar-refractivity contribution in [3.63, 3.8) is 0 Å². The van der Waals surface area contributed by atoms with E-state index < -0.39 is 6.04 Å². The third kappa shape index (κ3) is 3.74. The van der Waals surface area contributed by atoms with Crippen molar-refractivity contribution in [2.24, 2.45) is 29.1 Å². The number of hydrogen-bond acceptors (Lipinski definition) is 3. The molecular formula is C20H33N3O3. The van der Waals surface area contributed by atoms with Gasteiger partial charge in [0.25, 0.3) is 0 Å². The van der Waals surface area contributed by atoms with Crippen LogP contribution in [0.25, 0.3) is 0 Å². The summed E-state index contributed by atoms with van der Waals surface area (Å²) in [5.74, 6) is 1.68. The van der Waals surface area contributed by atoms with Crippen molar-refractivity contribution in [3.05, 3.63) is 0 Å². The van der Waals surface area contributed by atoms with Gasteiger partial charge in [0.2, 0.25) is 17.7 Å². The van der Waals surface area contributed by atoms with Gasteiger partial charge in [-0.2, -0.15) is 0 Å². The Hall–Kier alpha value is -1.59. The predicted molar refractivity (Wildman–Crippen MR) is 99.1 cm³/mol. The predicted octanol–water partition coefficient (Wildman–Crippen LogP) is 1.55. The summed E-state index contributed by atoms with van der Waals surface area (Å²) in [5, 5.41) is 5.73. The number of likely N-dealkylation sites (N-methyl/N-ethyl adjacent to an activating group) is 1. The van der Waals surface area contributed by atoms with Gasteiger partial charge in [-0.05, 0) is 62.2 Å². The summed E-state index contributed by atoms with van der Waals surface area (Å²) in [5.41, 5.74) is -0.262. The van der Waals surface area contributed by atoms with E-state index in [9.17, 15) is 14.4 Å². The second-order valence-corrected chi connectivity index (χ2v) is 9.40. The number of rotatable bonds is 6. The highest BCUT2D eigenvalue weighted by molar-refractivity contribution is 5.92. The summed E-state index contributed by atoms with van der Waals surface area (Å²) in [6, 6.07) is -0.592. The van der Waals surface area contributed by atoms with Crippen LogP contribution in [0.4, 0.5) is 0 Å². The van der Waals surface area contributed by atoms with E-state index in [4.69, 9.17) is 0 Å². The van der Waals surface area contributed by atoms with E-state index in [0.29, 0.717) is 17.8 Å². The number of amides is 3. The fourth-order valence-electron chi connectivity index (χ4n) is 5.65. The molecule has 4 bridgehead atoms. The molecule has 0 unspecified atom stereocenters. The van der Waals surface area contributed by atoms with E-state index in [2.05, 4.69) is 10.6 Å². The highest BCUT2D eigenvalue weighted by Gasteiger charge is 2.55. The molecular weight excluding hydrogens is 330 g/mol. The standard InChI is InChI=1S/C20H33N3O3/c1-12(2)17(18(25)21-11-16(24)23(3)4)22-19(26)20-8-13-5-14(9-20)7-15(6-13)10-20/h12-15,17H,5-11H2,1-4H3,(H,21,25)(H,22,26)/t13?,14?,15?,17-,20?/m0/s1. The molecule has 0 heterocycles. The Bertz CT molecular complexity index is 550. The molecule has 3 amide bonds. The van der Waals surface area contributed by atoms with Crippen molar-refractivity contribution in [2.75, 3.05) is 20.6 Å². The topological polar surface area (TPSA) is 78.5 Å². The first kappa shape index (κ1) is 19.2. The van der Waals surface area contributed by atoms with Crippen LogP contribution < -0.4 is 10.6 Å². The molecule has 0 spiro atoms. The van der Waals surface area contributed by atoms with Crippen molar-refractivity contribution in [1.82, 2.24) is 15.5 Å². The van der Waals surface area contributed by atoms with Gasteiger partial charge in [0.1, 0.15) is 6.04 Å². The Labute approximate surface area is 156 Å². The molecule has 4 aliphatic carbocycles. The Balaban J connectivity index is 1.63. The molecule has 0 aromatic rings. The molecule has 1 atom stereocenters. The first-order valence-corrected chi connectivity index (χ1v) is 9.99. The van der Waals surface area contributed by atoms with Gasteiger partial charge < -0.3 is 15.5 Å². The Morgan fingerprint density at radius 2 is 1.50 bits per heavy atom. The molecule has 6 heteroatoms. The van der Waals surface area contributed by atoms with Crippen LogP contribution in [0.1, 0.15) is 52.4 Å². The van der Waals surface area contributed by atoms with Crippen molar-refractivity contribution < 1.29 is 14.4 Å². The van der Waals surface area contributed by atoms with Crippen LogP contribution in [0.3, 0.4) is 0 Å². The van der Waals surface area contributed by atoms with Crippen molar-refractivity contribution in [3.8, 4) is 0 Å². The van der Waals surface area contributed by atoms with Gasteiger partial charge in [0.05, 0.1) is 6.54 Å². The molecule has 2 N–H and O–H groups in total. The number of hydrogen-bond donors (Lipinski definition) is 2. The minimum atomic E-state index is -0.592. The van der Waals surface area contributed by atoms with Gasteiger partial charge in [-0.25, -0.2) is 0 Å². The van der Waals surface area contributed by atoms with Crippen LogP contribution in [-0.2, 0) is 14.4 Å². The van der Waals surface area contributed by atoms with Crippen LogP contribution in [0.2, 0.25) is 0 Å². The molecule has 6 nitrogen and oxygen atoms in total. The highest BCUT2D eigenvalue weighted by atomic mass is 16.2. The van der Waals surface area contributed by atoms with Gasteiger partial charge in [-0.3, -0.25) is 14.4 Å². The quantitative estimate of drug-likeness (QED) is 0.751. The van der Waals surface area contributed by atoms with Crippen LogP contribution in [0.15, 0.2) is 0 Å². The van der Waals surface area contributed by atoms with E-state index in [1.165, 1.54) is 24.2 Å². The van der Waals surface area contributed by atoms with E-state index >= 15 is 0 Å². The summed E-state index contributed by atoms with van der Waals surface area (Å²) in [6.45, 7) is 3.82. The van der Waals surface area contributed by atoms with Crippen molar-refractivity contribution in [2.45, 2.75) is 58.4 Å². The molecule has 4 fully saturated rings. The van der Waals surface area contributed by atoms with Gasteiger partial charge in [-0.15, -0.1) is 0 Å². The van der Waals surface area contributed by atoms with Gasteiger partial charge >= 0.3 is 0 Å². The maximum Gasteiger partial charge on any atom is 0.243 e. The lowest BCUT2D eigenvalue weighted by molar-refractivity contribution is -0.149. The molecule has 26 heavy (non-hydrogen) atoms. The van der Waals surface area contributed by atoms with Gasteiger partial charge in [-0.1, -0.05) is 13.8 Å². The zero-order valence-corrected chi connectivity index (χ0v) is 16.5. The maximum atomic E-state index is 13.2. The van der Waals surface area contributed by atoms with E-state index in [1.54, 1.807) is 14.1 Å². The SMILES string of the molecule is CC(C)[C@H](NC(=O)C12CC3CC(CC(C3)C1)C2)C(=O)NCC(=O)N(C)C. The molecule has 146 valence electrons. The number of carbonyl (C=O) groups is 3. The lowest BCUT2D eigenvalue weighted by Gasteiger charge is -2.55. The maximum absolute atomic E-state index is 13.2. The minimum absolute atomic E-state index is 0.0256. The fourth-order valence-corrected chi connectivity index (χ4v) is 5.65. The summed E-state index contributed by atoms with van der Waals surface area (Å²) in [7, 11) is 3.31. The number of nitrogens with zero attached hydrogens (tertiary/aromatic N) is 1. The molecule has 0 aromatic heterocycles. The Morgan fingerprint density at radius 1 is 1.00 bits per heavy atom. The zero-order chi connectivity index (χ0) is 19.1. The summed E-state index contributed by atoms with van der Waals surface area (Å²) in [6.07, 6.45) is 6.80. The molecule has 4 aliphatic rings. The monoisotopic (exact) mass is 363 g/mol. The fraction of sp³-hybridized carbons (Fsp3) is 0.850. The molecule has 0 radical (unpaired) electrons. The number of nitrogens with one attached hydrogen (secondary N) is 2. The normalized spacial score (nSPS) is 33.0. The minimum Gasteiger partial charge on any atom is -0.347 e. The summed E-state index contributed by atoms with van der Waals surface area (Å²) in [4.78, 5) is 38.9. The number of carbonyl (C=O) groups excluding carboxylic acids is 3. The van der Waals surface area contributed by atoms with Crippen molar-refractivity contribution >= 4 is 17.7 Å². The third-order valence-corrected chi connectivity index (χ3v) is 6.67. The van der Waals surface area contributed by atoms with Crippen molar-refractivity contribution in [1.29, 1.82) is 0 Å². The van der Waals surface area contributed by atoms with Crippen LogP contribution >= 0.6 is 0 Å². The summed E-state index contributed by atoms with van der Waals surface area (Å²) >= 11 is 0. The molecule has 4 rings (SSSR count). The molecule has 0 aliphatic heterocycles. The molecule has 4 saturated carbocycles. The van der Waals surface area contributed by atoms with Crippen LogP contribution in [0.5, 0.6) is 0 Å². The first-order chi connectivity index (χ1) is 12.2. The van der Waals surface area contributed by atoms with Crippen LogP contribution in [-0.4, -0.2) is 49.3 Å². The molecule has 0 aromatic carbocycles. The second kappa shape index (κ2) is 7.20. The third-order valence-electron chi connectivity index (χ3n) is 6.67. The Morgan fingerprint density at radius 3 is 1.92 bits per heavy atom. The first-order valence-electron chi connectivity index (χ1n) is 9.99. The largest absolute Gasteiger partial charge is 0.347 e. The smallest absolute Gasteiger partial charge is 0.243 e. The molecule has 0 saturated heterocycles. The van der Waals surface area contributed by atoms with E-state index in [1.807, 2.05) is 13.8 Å². The van der Waals surface area contributed by atoms with Crippen LogP contribution in [0, 0.1) is 29.1 Å². The van der Waals surface area contributed by atoms with E-state index in [0.717, 1.165) is 19.3 Å². The lowest BCUT2D eigenvalue weighted by Crippen LogP contribution is -2.58. The lowest BCUT2D eigenvalue weighted by atomic mass is 9.49. The zero-order valence-electron chi connectivity index (χ0n) is 16.5. The average Bonchev–Trinajstić information content (AvgIpc) is 2.55. The second-order valence-electron chi connectivity index (χ2n) is 9.40. The van der Waals surface area contributed by atoms with Gasteiger partial charge in [0.15, 0.2) is 0 Å². The Kier molecular flexibility index (Phi) is 5.31.